The molecular weight excluding hydrogens is 248 g/mol. The molecule has 19 heavy (non-hydrogen) atoms. The van der Waals surface area contributed by atoms with Crippen LogP contribution in [0.1, 0.15) is 73.6 Å². The van der Waals surface area contributed by atoms with Gasteiger partial charge in [0, 0.05) is 0 Å². The molecule has 0 aromatic rings. The van der Waals surface area contributed by atoms with Gasteiger partial charge >= 0.3 is 0 Å². The molecule has 0 amide bonds. The summed E-state index contributed by atoms with van der Waals surface area (Å²) < 4.78 is 6.38. The first-order valence-corrected chi connectivity index (χ1v) is 11.0. The number of hydrogen-bond acceptors (Lipinski definition) is 1. The molecule has 114 valence electrons. The summed E-state index contributed by atoms with van der Waals surface area (Å²) in [6, 6.07) is 3.70. The Morgan fingerprint density at radius 1 is 1.05 bits per heavy atom. The summed E-state index contributed by atoms with van der Waals surface area (Å²) in [6.45, 7) is 13.6. The molecule has 0 heterocycles. The van der Waals surface area contributed by atoms with Crippen LogP contribution < -0.4 is 0 Å². The molecule has 0 spiro atoms. The summed E-state index contributed by atoms with van der Waals surface area (Å²) in [4.78, 5) is 0. The van der Waals surface area contributed by atoms with Crippen LogP contribution in [0.15, 0.2) is 11.8 Å². The summed E-state index contributed by atoms with van der Waals surface area (Å²) >= 11 is 0. The average molecular weight is 285 g/mol. The van der Waals surface area contributed by atoms with E-state index in [9.17, 15) is 0 Å². The van der Waals surface area contributed by atoms with Crippen molar-refractivity contribution < 1.29 is 4.43 Å². The summed E-state index contributed by atoms with van der Waals surface area (Å²) in [7, 11) is -1.46. The molecule has 0 fully saturated rings. The highest BCUT2D eigenvalue weighted by Gasteiger charge is 2.30. The number of allylic oxidation sites excluding steroid dienone is 2. The molecule has 0 aliphatic carbocycles. The Kier molecular flexibility index (Phi) is 10.4. The van der Waals surface area contributed by atoms with E-state index >= 15 is 0 Å². The van der Waals surface area contributed by atoms with Crippen molar-refractivity contribution in [1.29, 1.82) is 0 Å². The van der Waals surface area contributed by atoms with Crippen LogP contribution >= 0.6 is 0 Å². The smallest absolute Gasteiger partial charge is 0.250 e. The molecule has 0 rings (SSSR count). The Labute approximate surface area is 123 Å². The van der Waals surface area contributed by atoms with Crippen molar-refractivity contribution in [2.45, 2.75) is 91.8 Å². The predicted octanol–water partition coefficient (Wildman–Crippen LogP) is 6.52. The molecule has 0 aromatic heterocycles. The van der Waals surface area contributed by atoms with Crippen molar-refractivity contribution in [3.05, 3.63) is 11.8 Å². The highest BCUT2D eigenvalue weighted by atomic mass is 28.4. The second-order valence-electron chi connectivity index (χ2n) is 5.81. The molecule has 1 atom stereocenters. The highest BCUT2D eigenvalue weighted by molar-refractivity contribution is 6.73. The van der Waals surface area contributed by atoms with Crippen LogP contribution in [0.4, 0.5) is 0 Å². The van der Waals surface area contributed by atoms with Gasteiger partial charge in [-0.15, -0.1) is 0 Å². The van der Waals surface area contributed by atoms with Crippen LogP contribution in [0.5, 0.6) is 0 Å². The van der Waals surface area contributed by atoms with Crippen molar-refractivity contribution in [2.24, 2.45) is 5.92 Å². The number of unbranched alkanes of at least 4 members (excludes halogenated alkanes) is 1. The van der Waals surface area contributed by atoms with Gasteiger partial charge in [0.15, 0.2) is 0 Å². The molecule has 0 aliphatic rings. The standard InChI is InChI=1S/C17H36OSi/c1-7-12-13-17(8-2)15-14-16(6)18-19(9-3,10-4)11-5/h14,17H,7-13,15H2,1-6H3/b16-14+. The lowest BCUT2D eigenvalue weighted by Gasteiger charge is -2.29. The van der Waals surface area contributed by atoms with E-state index in [0.29, 0.717) is 0 Å². The first-order chi connectivity index (χ1) is 9.07. The van der Waals surface area contributed by atoms with Crippen LogP contribution in [-0.2, 0) is 4.43 Å². The summed E-state index contributed by atoms with van der Waals surface area (Å²) in [5.74, 6) is 2.03. The summed E-state index contributed by atoms with van der Waals surface area (Å²) in [5, 5.41) is 0. The Morgan fingerprint density at radius 3 is 2.05 bits per heavy atom. The van der Waals surface area contributed by atoms with Gasteiger partial charge in [0.05, 0.1) is 5.76 Å². The molecule has 2 heteroatoms. The lowest BCUT2D eigenvalue weighted by Crippen LogP contribution is -2.35. The zero-order valence-corrected chi connectivity index (χ0v) is 15.2. The Balaban J connectivity index is 4.38. The predicted molar refractivity (Wildman–Crippen MR) is 90.0 cm³/mol. The van der Waals surface area contributed by atoms with Gasteiger partial charge in [-0.1, -0.05) is 60.3 Å². The van der Waals surface area contributed by atoms with Gasteiger partial charge in [-0.05, 0) is 43.5 Å². The van der Waals surface area contributed by atoms with Crippen molar-refractivity contribution in [1.82, 2.24) is 0 Å². The maximum Gasteiger partial charge on any atom is 0.250 e. The van der Waals surface area contributed by atoms with Crippen molar-refractivity contribution in [3.63, 3.8) is 0 Å². The first kappa shape index (κ1) is 18.8. The molecule has 1 unspecified atom stereocenters. The van der Waals surface area contributed by atoms with Gasteiger partial charge in [-0.25, -0.2) is 0 Å². The molecule has 0 saturated heterocycles. The molecular formula is C17H36OSi. The molecule has 0 bridgehead atoms. The van der Waals surface area contributed by atoms with Crippen LogP contribution in [0.25, 0.3) is 0 Å². The van der Waals surface area contributed by atoms with Crippen molar-refractivity contribution in [3.8, 4) is 0 Å². The van der Waals surface area contributed by atoms with E-state index < -0.39 is 8.32 Å². The third-order valence-corrected chi connectivity index (χ3v) is 9.21. The molecule has 0 aromatic carbocycles. The Morgan fingerprint density at radius 2 is 1.63 bits per heavy atom. The van der Waals surface area contributed by atoms with Gasteiger partial charge in [0.25, 0.3) is 0 Å². The first-order valence-electron chi connectivity index (χ1n) is 8.43. The van der Waals surface area contributed by atoms with Gasteiger partial charge in [-0.2, -0.15) is 0 Å². The van der Waals surface area contributed by atoms with E-state index in [0.717, 1.165) is 5.92 Å². The third kappa shape index (κ3) is 7.19. The molecule has 1 nitrogen and oxygen atoms in total. The largest absolute Gasteiger partial charge is 0.547 e. The highest BCUT2D eigenvalue weighted by Crippen LogP contribution is 2.25. The van der Waals surface area contributed by atoms with Crippen molar-refractivity contribution >= 4 is 8.32 Å². The van der Waals surface area contributed by atoms with E-state index in [1.807, 2.05) is 0 Å². The third-order valence-electron chi connectivity index (χ3n) is 4.59. The normalized spacial score (nSPS) is 14.5. The zero-order chi connectivity index (χ0) is 14.7. The average Bonchev–Trinajstić information content (AvgIpc) is 2.45. The van der Waals surface area contributed by atoms with Gasteiger partial charge in [0.1, 0.15) is 0 Å². The number of rotatable bonds is 11. The van der Waals surface area contributed by atoms with Crippen LogP contribution in [0.2, 0.25) is 18.1 Å². The fourth-order valence-electron chi connectivity index (χ4n) is 2.66. The maximum absolute atomic E-state index is 6.38. The molecule has 0 radical (unpaired) electrons. The fourth-order valence-corrected chi connectivity index (χ4v) is 5.36. The second kappa shape index (κ2) is 10.5. The van der Waals surface area contributed by atoms with E-state index in [2.05, 4.69) is 47.6 Å². The monoisotopic (exact) mass is 284 g/mol. The minimum absolute atomic E-state index is 0.847. The molecule has 0 N–H and O–H groups in total. The molecule has 0 saturated carbocycles. The van der Waals surface area contributed by atoms with Gasteiger partial charge in [-0.3, -0.25) is 0 Å². The quantitative estimate of drug-likeness (QED) is 0.310. The zero-order valence-electron chi connectivity index (χ0n) is 14.2. The SMILES string of the molecule is CCCCC(CC)C/C=C(\C)O[Si](CC)(CC)CC. The Bertz CT molecular complexity index is 235. The maximum atomic E-state index is 6.38. The topological polar surface area (TPSA) is 9.23 Å². The number of hydrogen-bond donors (Lipinski definition) is 0. The van der Waals surface area contributed by atoms with Crippen LogP contribution in [-0.4, -0.2) is 8.32 Å². The van der Waals surface area contributed by atoms with Crippen molar-refractivity contribution in [2.75, 3.05) is 0 Å². The van der Waals surface area contributed by atoms with E-state index in [1.54, 1.807) is 0 Å². The molecule has 0 aliphatic heterocycles. The van der Waals surface area contributed by atoms with Gasteiger partial charge < -0.3 is 4.43 Å². The fraction of sp³-hybridized carbons (Fsp3) is 0.882. The minimum Gasteiger partial charge on any atom is -0.547 e. The lowest BCUT2D eigenvalue weighted by atomic mass is 9.96. The van der Waals surface area contributed by atoms with Gasteiger partial charge in [0.2, 0.25) is 8.32 Å². The lowest BCUT2D eigenvalue weighted by molar-refractivity contribution is 0.394. The second-order valence-corrected chi connectivity index (χ2v) is 10.5. The summed E-state index contributed by atoms with van der Waals surface area (Å²) in [5.41, 5.74) is 0. The van der Waals surface area contributed by atoms with E-state index in [4.69, 9.17) is 4.43 Å². The van der Waals surface area contributed by atoms with E-state index in [-0.39, 0.29) is 0 Å². The Hall–Kier alpha value is -0.243. The van der Waals surface area contributed by atoms with Crippen LogP contribution in [0, 0.1) is 5.92 Å². The summed E-state index contributed by atoms with van der Waals surface area (Å²) in [6.07, 6.45) is 8.89. The van der Waals surface area contributed by atoms with Crippen LogP contribution in [0.3, 0.4) is 0 Å². The minimum atomic E-state index is -1.46. The van der Waals surface area contributed by atoms with E-state index in [1.165, 1.54) is 56.0 Å².